The van der Waals surface area contributed by atoms with Gasteiger partial charge in [0.15, 0.2) is 0 Å². The molecule has 92 valence electrons. The van der Waals surface area contributed by atoms with Crippen LogP contribution in [0.2, 0.25) is 0 Å². The molecule has 0 heterocycles. The van der Waals surface area contributed by atoms with Crippen molar-refractivity contribution in [2.24, 2.45) is 0 Å². The van der Waals surface area contributed by atoms with E-state index in [-0.39, 0.29) is 5.75 Å². The predicted molar refractivity (Wildman–Crippen MR) is 67.2 cm³/mol. The lowest BCUT2D eigenvalue weighted by Gasteiger charge is -2.07. The molecule has 0 aromatic heterocycles. The molecule has 2 aromatic rings. The SMILES string of the molecule is Oc1ccc(-c2ccc(OC3CC3)cc2)c(F)c1. The van der Waals surface area contributed by atoms with Crippen molar-refractivity contribution in [3.63, 3.8) is 0 Å². The fraction of sp³-hybridized carbons (Fsp3) is 0.200. The summed E-state index contributed by atoms with van der Waals surface area (Å²) >= 11 is 0. The molecule has 0 bridgehead atoms. The summed E-state index contributed by atoms with van der Waals surface area (Å²) in [5.41, 5.74) is 1.25. The molecule has 0 aliphatic heterocycles. The smallest absolute Gasteiger partial charge is 0.134 e. The molecule has 1 saturated carbocycles. The van der Waals surface area contributed by atoms with Crippen molar-refractivity contribution in [1.29, 1.82) is 0 Å². The average molecular weight is 244 g/mol. The van der Waals surface area contributed by atoms with Gasteiger partial charge in [0.05, 0.1) is 6.10 Å². The van der Waals surface area contributed by atoms with Crippen LogP contribution in [0, 0.1) is 5.82 Å². The first-order chi connectivity index (χ1) is 8.72. The summed E-state index contributed by atoms with van der Waals surface area (Å²) in [6.45, 7) is 0. The Morgan fingerprint density at radius 1 is 1.06 bits per heavy atom. The Morgan fingerprint density at radius 2 is 1.78 bits per heavy atom. The van der Waals surface area contributed by atoms with E-state index in [4.69, 9.17) is 4.74 Å². The summed E-state index contributed by atoms with van der Waals surface area (Å²) in [6, 6.07) is 11.5. The average Bonchev–Trinajstić information content (AvgIpc) is 3.15. The van der Waals surface area contributed by atoms with Gasteiger partial charge in [-0.05, 0) is 42.7 Å². The maximum atomic E-state index is 13.7. The van der Waals surface area contributed by atoms with Gasteiger partial charge in [-0.1, -0.05) is 12.1 Å². The van der Waals surface area contributed by atoms with Crippen molar-refractivity contribution in [3.8, 4) is 22.6 Å². The number of hydrogen-bond donors (Lipinski definition) is 1. The zero-order valence-electron chi connectivity index (χ0n) is 9.77. The van der Waals surface area contributed by atoms with Crippen molar-refractivity contribution in [3.05, 3.63) is 48.3 Å². The molecule has 1 aliphatic rings. The molecule has 3 rings (SSSR count). The van der Waals surface area contributed by atoms with Gasteiger partial charge in [0.1, 0.15) is 17.3 Å². The van der Waals surface area contributed by atoms with E-state index in [0.717, 1.165) is 30.2 Å². The zero-order chi connectivity index (χ0) is 12.5. The maximum Gasteiger partial charge on any atom is 0.134 e. The van der Waals surface area contributed by atoms with E-state index < -0.39 is 5.82 Å². The molecule has 0 radical (unpaired) electrons. The lowest BCUT2D eigenvalue weighted by atomic mass is 10.0. The van der Waals surface area contributed by atoms with Crippen molar-refractivity contribution in [2.75, 3.05) is 0 Å². The summed E-state index contributed by atoms with van der Waals surface area (Å²) in [4.78, 5) is 0. The Kier molecular flexibility index (Phi) is 2.67. The van der Waals surface area contributed by atoms with Crippen molar-refractivity contribution >= 4 is 0 Å². The van der Waals surface area contributed by atoms with Crippen LogP contribution in [0.3, 0.4) is 0 Å². The van der Waals surface area contributed by atoms with Crippen molar-refractivity contribution < 1.29 is 14.2 Å². The number of hydrogen-bond acceptors (Lipinski definition) is 2. The minimum absolute atomic E-state index is 0.0649. The van der Waals surface area contributed by atoms with Crippen LogP contribution in [-0.4, -0.2) is 11.2 Å². The van der Waals surface area contributed by atoms with Crippen LogP contribution in [0.15, 0.2) is 42.5 Å². The third-order valence-corrected chi connectivity index (χ3v) is 2.95. The van der Waals surface area contributed by atoms with E-state index >= 15 is 0 Å². The number of phenolic OH excluding ortho intramolecular Hbond substituents is 1. The predicted octanol–water partition coefficient (Wildman–Crippen LogP) is 3.74. The monoisotopic (exact) mass is 244 g/mol. The number of phenols is 1. The zero-order valence-corrected chi connectivity index (χ0v) is 9.77. The van der Waals surface area contributed by atoms with Gasteiger partial charge in [-0.3, -0.25) is 0 Å². The third-order valence-electron chi connectivity index (χ3n) is 2.95. The molecular weight excluding hydrogens is 231 g/mol. The van der Waals surface area contributed by atoms with Crippen LogP contribution in [-0.2, 0) is 0 Å². The lowest BCUT2D eigenvalue weighted by molar-refractivity contribution is 0.303. The Balaban J connectivity index is 1.86. The Labute approximate surface area is 105 Å². The Hall–Kier alpha value is -2.03. The maximum absolute atomic E-state index is 13.7. The molecule has 2 aromatic carbocycles. The van der Waals surface area contributed by atoms with E-state index in [1.54, 1.807) is 6.07 Å². The Bertz CT molecular complexity index is 559. The standard InChI is InChI=1S/C15H13FO2/c16-15-9-11(17)3-8-14(15)10-1-4-12(5-2-10)18-13-6-7-13/h1-5,8-9,13,17H,6-7H2. The van der Waals surface area contributed by atoms with Gasteiger partial charge in [-0.25, -0.2) is 4.39 Å². The van der Waals surface area contributed by atoms with E-state index in [9.17, 15) is 9.50 Å². The van der Waals surface area contributed by atoms with Crippen LogP contribution in [0.1, 0.15) is 12.8 Å². The first-order valence-electron chi connectivity index (χ1n) is 5.98. The summed E-state index contributed by atoms with van der Waals surface area (Å²) in [7, 11) is 0. The molecule has 2 nitrogen and oxygen atoms in total. The van der Waals surface area contributed by atoms with Gasteiger partial charge in [-0.2, -0.15) is 0 Å². The fourth-order valence-electron chi connectivity index (χ4n) is 1.83. The minimum Gasteiger partial charge on any atom is -0.508 e. The van der Waals surface area contributed by atoms with Crippen LogP contribution < -0.4 is 4.74 Å². The second-order valence-corrected chi connectivity index (χ2v) is 4.51. The highest BCUT2D eigenvalue weighted by atomic mass is 19.1. The second kappa shape index (κ2) is 4.33. The number of halogens is 1. The molecule has 1 aliphatic carbocycles. The van der Waals surface area contributed by atoms with Gasteiger partial charge in [0.25, 0.3) is 0 Å². The molecule has 3 heteroatoms. The lowest BCUT2D eigenvalue weighted by Crippen LogP contribution is -1.95. The number of rotatable bonds is 3. The number of benzene rings is 2. The summed E-state index contributed by atoms with van der Waals surface area (Å²) in [5, 5.41) is 9.17. The number of aromatic hydroxyl groups is 1. The topological polar surface area (TPSA) is 29.5 Å². The third kappa shape index (κ3) is 2.30. The molecular formula is C15H13FO2. The quantitative estimate of drug-likeness (QED) is 0.891. The minimum atomic E-state index is -0.425. The molecule has 0 amide bonds. The van der Waals surface area contributed by atoms with Crippen molar-refractivity contribution in [2.45, 2.75) is 18.9 Å². The summed E-state index contributed by atoms with van der Waals surface area (Å²) < 4.78 is 19.3. The van der Waals surface area contributed by atoms with Gasteiger partial charge in [0, 0.05) is 11.6 Å². The molecule has 1 fully saturated rings. The molecule has 0 atom stereocenters. The van der Waals surface area contributed by atoms with E-state index in [2.05, 4.69) is 0 Å². The molecule has 0 saturated heterocycles. The molecule has 18 heavy (non-hydrogen) atoms. The highest BCUT2D eigenvalue weighted by molar-refractivity contribution is 5.65. The Morgan fingerprint density at radius 3 is 2.39 bits per heavy atom. The van der Waals surface area contributed by atoms with Gasteiger partial charge < -0.3 is 9.84 Å². The summed E-state index contributed by atoms with van der Waals surface area (Å²) in [6.07, 6.45) is 2.60. The van der Waals surface area contributed by atoms with E-state index in [0.29, 0.717) is 11.7 Å². The normalized spacial score (nSPS) is 14.5. The molecule has 0 unspecified atom stereocenters. The van der Waals surface area contributed by atoms with Crippen LogP contribution in [0.4, 0.5) is 4.39 Å². The van der Waals surface area contributed by atoms with Gasteiger partial charge in [-0.15, -0.1) is 0 Å². The summed E-state index contributed by atoms with van der Waals surface area (Å²) in [5.74, 6) is 0.330. The van der Waals surface area contributed by atoms with Gasteiger partial charge in [0.2, 0.25) is 0 Å². The first kappa shape index (κ1) is 11.1. The first-order valence-corrected chi connectivity index (χ1v) is 5.98. The molecule has 0 spiro atoms. The van der Waals surface area contributed by atoms with E-state index in [1.807, 2.05) is 24.3 Å². The van der Waals surface area contributed by atoms with Gasteiger partial charge >= 0.3 is 0 Å². The van der Waals surface area contributed by atoms with Crippen LogP contribution >= 0.6 is 0 Å². The van der Waals surface area contributed by atoms with E-state index in [1.165, 1.54) is 6.07 Å². The number of ether oxygens (including phenoxy) is 1. The second-order valence-electron chi connectivity index (χ2n) is 4.51. The fourth-order valence-corrected chi connectivity index (χ4v) is 1.83. The van der Waals surface area contributed by atoms with Crippen LogP contribution in [0.5, 0.6) is 11.5 Å². The molecule has 1 N–H and O–H groups in total. The highest BCUT2D eigenvalue weighted by Crippen LogP contribution is 2.30. The largest absolute Gasteiger partial charge is 0.508 e. The van der Waals surface area contributed by atoms with Crippen molar-refractivity contribution in [1.82, 2.24) is 0 Å². The highest BCUT2D eigenvalue weighted by Gasteiger charge is 2.23. The van der Waals surface area contributed by atoms with Crippen LogP contribution in [0.25, 0.3) is 11.1 Å².